The fraction of sp³-hybridized carbons (Fsp3) is 0.381. The molecule has 2 aromatic heterocycles. The quantitative estimate of drug-likeness (QED) is 0.714. The lowest BCUT2D eigenvalue weighted by atomic mass is 9.95. The standard InChI is InChI=1S/C21H22ClN5/c22-15-6-3-5-14(13-15)19-25-17-8-2-1-7-16(17)21(26-19)27-12-4-9-18(27)20-23-10-11-24-20/h3,5-6,10-11,13,18H,1-2,4,7-9,12H2,(H,23,24)/t18-/m0/s1. The third-order valence-corrected chi connectivity index (χ3v) is 5.84. The molecule has 5 rings (SSSR count). The number of halogens is 1. The number of aromatic amines is 1. The molecule has 0 spiro atoms. The van der Waals surface area contributed by atoms with Gasteiger partial charge in [0.2, 0.25) is 0 Å². The van der Waals surface area contributed by atoms with Gasteiger partial charge >= 0.3 is 0 Å². The van der Waals surface area contributed by atoms with Crippen molar-refractivity contribution in [3.05, 3.63) is 58.8 Å². The molecule has 1 fully saturated rings. The van der Waals surface area contributed by atoms with Crippen LogP contribution in [0.3, 0.4) is 0 Å². The SMILES string of the molecule is Clc1cccc(-c2nc3c(c(N4CCC[C@H]4c4ncc[nH]4)n2)CCCC3)c1. The van der Waals surface area contributed by atoms with Crippen molar-refractivity contribution in [3.8, 4) is 11.4 Å². The van der Waals surface area contributed by atoms with E-state index in [0.29, 0.717) is 5.02 Å². The van der Waals surface area contributed by atoms with Gasteiger partial charge in [-0.15, -0.1) is 0 Å². The van der Waals surface area contributed by atoms with Crippen LogP contribution in [0.15, 0.2) is 36.7 Å². The van der Waals surface area contributed by atoms with Gasteiger partial charge in [0, 0.05) is 40.8 Å². The molecular weight excluding hydrogens is 358 g/mol. The Balaban J connectivity index is 1.63. The number of anilines is 1. The highest BCUT2D eigenvalue weighted by molar-refractivity contribution is 6.30. The third-order valence-electron chi connectivity index (χ3n) is 5.60. The zero-order chi connectivity index (χ0) is 18.2. The molecule has 138 valence electrons. The first kappa shape index (κ1) is 16.8. The zero-order valence-corrected chi connectivity index (χ0v) is 15.9. The van der Waals surface area contributed by atoms with Crippen molar-refractivity contribution in [2.75, 3.05) is 11.4 Å². The van der Waals surface area contributed by atoms with Crippen LogP contribution in [0.5, 0.6) is 0 Å². The van der Waals surface area contributed by atoms with Gasteiger partial charge in [0.1, 0.15) is 11.6 Å². The summed E-state index contributed by atoms with van der Waals surface area (Å²) in [4.78, 5) is 20.2. The predicted molar refractivity (Wildman–Crippen MR) is 107 cm³/mol. The largest absolute Gasteiger partial charge is 0.347 e. The van der Waals surface area contributed by atoms with Crippen LogP contribution in [0.1, 0.15) is 48.8 Å². The Morgan fingerprint density at radius 3 is 2.89 bits per heavy atom. The number of imidazole rings is 1. The fourth-order valence-corrected chi connectivity index (χ4v) is 4.52. The number of benzene rings is 1. The maximum absolute atomic E-state index is 6.22. The lowest BCUT2D eigenvalue weighted by molar-refractivity contribution is 0.637. The molecule has 1 N–H and O–H groups in total. The Bertz CT molecular complexity index is 953. The van der Waals surface area contributed by atoms with Crippen LogP contribution >= 0.6 is 11.6 Å². The van der Waals surface area contributed by atoms with Crippen molar-refractivity contribution in [3.63, 3.8) is 0 Å². The smallest absolute Gasteiger partial charge is 0.161 e. The highest BCUT2D eigenvalue weighted by atomic mass is 35.5. The van der Waals surface area contributed by atoms with Gasteiger partial charge in [-0.3, -0.25) is 0 Å². The Morgan fingerprint density at radius 2 is 2.04 bits per heavy atom. The van der Waals surface area contributed by atoms with E-state index in [-0.39, 0.29) is 6.04 Å². The Hall–Kier alpha value is -2.40. The summed E-state index contributed by atoms with van der Waals surface area (Å²) in [5.41, 5.74) is 3.50. The number of fused-ring (bicyclic) bond motifs is 1. The van der Waals surface area contributed by atoms with Gasteiger partial charge in [0.05, 0.1) is 6.04 Å². The van der Waals surface area contributed by atoms with E-state index in [2.05, 4.69) is 14.9 Å². The molecule has 3 heterocycles. The summed E-state index contributed by atoms with van der Waals surface area (Å²) in [5, 5.41) is 0.713. The number of rotatable bonds is 3. The fourth-order valence-electron chi connectivity index (χ4n) is 4.33. The van der Waals surface area contributed by atoms with Crippen LogP contribution in [0, 0.1) is 0 Å². The van der Waals surface area contributed by atoms with Gasteiger partial charge in [-0.1, -0.05) is 23.7 Å². The number of nitrogens with one attached hydrogen (secondary N) is 1. The van der Waals surface area contributed by atoms with Gasteiger partial charge in [-0.2, -0.15) is 0 Å². The molecule has 1 saturated heterocycles. The van der Waals surface area contributed by atoms with Crippen LogP contribution < -0.4 is 4.90 Å². The normalized spacial score (nSPS) is 19.3. The van der Waals surface area contributed by atoms with E-state index in [9.17, 15) is 0 Å². The van der Waals surface area contributed by atoms with E-state index in [4.69, 9.17) is 21.6 Å². The maximum atomic E-state index is 6.22. The van der Waals surface area contributed by atoms with Crippen molar-refractivity contribution in [2.24, 2.45) is 0 Å². The van der Waals surface area contributed by atoms with Crippen LogP contribution in [0.25, 0.3) is 11.4 Å². The van der Waals surface area contributed by atoms with E-state index in [1.807, 2.05) is 36.7 Å². The second kappa shape index (κ2) is 6.97. The first-order valence-corrected chi connectivity index (χ1v) is 10.1. The molecule has 0 amide bonds. The molecule has 2 aliphatic rings. The molecular formula is C21H22ClN5. The molecule has 1 atom stereocenters. The second-order valence-corrected chi connectivity index (χ2v) is 7.78. The van der Waals surface area contributed by atoms with Crippen molar-refractivity contribution in [2.45, 2.75) is 44.6 Å². The zero-order valence-electron chi connectivity index (χ0n) is 15.2. The van der Waals surface area contributed by atoms with Crippen LogP contribution in [0.4, 0.5) is 5.82 Å². The van der Waals surface area contributed by atoms with Crippen molar-refractivity contribution in [1.82, 2.24) is 19.9 Å². The molecule has 1 aromatic carbocycles. The predicted octanol–water partition coefficient (Wildman–Crippen LogP) is 4.74. The van der Waals surface area contributed by atoms with Crippen LogP contribution in [-0.2, 0) is 12.8 Å². The molecule has 1 aliphatic carbocycles. The minimum atomic E-state index is 0.258. The van der Waals surface area contributed by atoms with Crippen molar-refractivity contribution >= 4 is 17.4 Å². The lowest BCUT2D eigenvalue weighted by Gasteiger charge is -2.29. The summed E-state index contributed by atoms with van der Waals surface area (Å²) in [6.45, 7) is 1.00. The van der Waals surface area contributed by atoms with Crippen molar-refractivity contribution < 1.29 is 0 Å². The molecule has 3 aromatic rings. The van der Waals surface area contributed by atoms with E-state index in [1.54, 1.807) is 0 Å². The first-order valence-electron chi connectivity index (χ1n) is 9.71. The van der Waals surface area contributed by atoms with Gasteiger partial charge in [0.25, 0.3) is 0 Å². The molecule has 1 aliphatic heterocycles. The number of H-pyrrole nitrogens is 1. The summed E-state index contributed by atoms with van der Waals surface area (Å²) in [6, 6.07) is 8.09. The summed E-state index contributed by atoms with van der Waals surface area (Å²) in [6.07, 6.45) is 10.5. The highest BCUT2D eigenvalue weighted by Gasteiger charge is 2.32. The van der Waals surface area contributed by atoms with Crippen LogP contribution in [0.2, 0.25) is 5.02 Å². The minimum Gasteiger partial charge on any atom is -0.347 e. The van der Waals surface area contributed by atoms with Gasteiger partial charge in [0.15, 0.2) is 5.82 Å². The number of hydrogen-bond acceptors (Lipinski definition) is 4. The number of nitrogens with zero attached hydrogens (tertiary/aromatic N) is 4. The Morgan fingerprint density at radius 1 is 1.11 bits per heavy atom. The minimum absolute atomic E-state index is 0.258. The van der Waals surface area contributed by atoms with Gasteiger partial charge in [-0.05, 0) is 50.7 Å². The average molecular weight is 380 g/mol. The number of hydrogen-bond donors (Lipinski definition) is 1. The van der Waals surface area contributed by atoms with E-state index in [0.717, 1.165) is 55.3 Å². The molecule has 27 heavy (non-hydrogen) atoms. The van der Waals surface area contributed by atoms with Gasteiger partial charge in [-0.25, -0.2) is 15.0 Å². The average Bonchev–Trinajstić information content (AvgIpc) is 3.38. The third kappa shape index (κ3) is 3.10. The maximum Gasteiger partial charge on any atom is 0.161 e. The monoisotopic (exact) mass is 379 g/mol. The number of aryl methyl sites for hydroxylation is 1. The van der Waals surface area contributed by atoms with Gasteiger partial charge < -0.3 is 9.88 Å². The summed E-state index contributed by atoms with van der Waals surface area (Å²) in [5.74, 6) is 2.90. The summed E-state index contributed by atoms with van der Waals surface area (Å²) < 4.78 is 0. The van der Waals surface area contributed by atoms with E-state index >= 15 is 0 Å². The summed E-state index contributed by atoms with van der Waals surface area (Å²) in [7, 11) is 0. The Kier molecular flexibility index (Phi) is 4.32. The molecule has 5 nitrogen and oxygen atoms in total. The summed E-state index contributed by atoms with van der Waals surface area (Å²) >= 11 is 6.22. The number of aromatic nitrogens is 4. The molecule has 0 bridgehead atoms. The molecule has 0 saturated carbocycles. The second-order valence-electron chi connectivity index (χ2n) is 7.34. The van der Waals surface area contributed by atoms with E-state index in [1.165, 1.54) is 24.1 Å². The molecule has 6 heteroatoms. The molecule has 0 radical (unpaired) electrons. The first-order chi connectivity index (χ1) is 13.3. The van der Waals surface area contributed by atoms with E-state index < -0.39 is 0 Å². The van der Waals surface area contributed by atoms with Crippen LogP contribution in [-0.4, -0.2) is 26.5 Å². The lowest BCUT2D eigenvalue weighted by Crippen LogP contribution is -2.27. The topological polar surface area (TPSA) is 57.7 Å². The highest BCUT2D eigenvalue weighted by Crippen LogP contribution is 2.39. The van der Waals surface area contributed by atoms with Crippen molar-refractivity contribution in [1.29, 1.82) is 0 Å². The Labute approximate surface area is 163 Å². The molecule has 0 unspecified atom stereocenters.